The van der Waals surface area contributed by atoms with Crippen LogP contribution >= 0.6 is 0 Å². The molecule has 13 heavy (non-hydrogen) atoms. The molecule has 0 aromatic carbocycles. The SMILES string of the molecule is CN(CCCN)CC1CCCOC1. The van der Waals surface area contributed by atoms with Gasteiger partial charge in [-0.25, -0.2) is 0 Å². The fourth-order valence-corrected chi connectivity index (χ4v) is 1.84. The van der Waals surface area contributed by atoms with E-state index in [4.69, 9.17) is 10.5 Å². The van der Waals surface area contributed by atoms with Gasteiger partial charge in [0.25, 0.3) is 0 Å². The lowest BCUT2D eigenvalue weighted by Gasteiger charge is -2.26. The molecule has 0 radical (unpaired) electrons. The first-order chi connectivity index (χ1) is 6.33. The second kappa shape index (κ2) is 6.35. The van der Waals surface area contributed by atoms with Crippen molar-refractivity contribution in [3.05, 3.63) is 0 Å². The Bertz CT molecular complexity index is 124. The summed E-state index contributed by atoms with van der Waals surface area (Å²) in [7, 11) is 2.17. The van der Waals surface area contributed by atoms with Crippen LogP contribution in [0.4, 0.5) is 0 Å². The standard InChI is InChI=1S/C10H22N2O/c1-12(6-3-5-11)8-10-4-2-7-13-9-10/h10H,2-9,11H2,1H3. The molecule has 1 heterocycles. The quantitative estimate of drug-likeness (QED) is 0.686. The van der Waals surface area contributed by atoms with E-state index >= 15 is 0 Å². The fourth-order valence-electron chi connectivity index (χ4n) is 1.84. The summed E-state index contributed by atoms with van der Waals surface area (Å²) in [5, 5.41) is 0. The minimum Gasteiger partial charge on any atom is -0.381 e. The van der Waals surface area contributed by atoms with Crippen molar-refractivity contribution < 1.29 is 4.74 Å². The van der Waals surface area contributed by atoms with Crippen LogP contribution in [0, 0.1) is 5.92 Å². The Kier molecular flexibility index (Phi) is 5.35. The molecular formula is C10H22N2O. The molecule has 1 saturated heterocycles. The highest BCUT2D eigenvalue weighted by Crippen LogP contribution is 2.14. The highest BCUT2D eigenvalue weighted by atomic mass is 16.5. The van der Waals surface area contributed by atoms with Crippen LogP contribution in [0.2, 0.25) is 0 Å². The third-order valence-electron chi connectivity index (χ3n) is 2.57. The lowest BCUT2D eigenvalue weighted by atomic mass is 10.0. The van der Waals surface area contributed by atoms with E-state index in [0.717, 1.165) is 38.6 Å². The van der Waals surface area contributed by atoms with E-state index in [1.165, 1.54) is 19.4 Å². The van der Waals surface area contributed by atoms with Gasteiger partial charge in [-0.15, -0.1) is 0 Å². The summed E-state index contributed by atoms with van der Waals surface area (Å²) in [6.45, 7) is 4.99. The summed E-state index contributed by atoms with van der Waals surface area (Å²) in [6.07, 6.45) is 3.66. The molecule has 2 N–H and O–H groups in total. The predicted molar refractivity (Wildman–Crippen MR) is 54.7 cm³/mol. The molecule has 1 atom stereocenters. The normalized spacial score (nSPS) is 23.8. The first-order valence-electron chi connectivity index (χ1n) is 5.29. The molecular weight excluding hydrogens is 164 g/mol. The van der Waals surface area contributed by atoms with Gasteiger partial charge in [0.1, 0.15) is 0 Å². The highest BCUT2D eigenvalue weighted by Gasteiger charge is 2.15. The third-order valence-corrected chi connectivity index (χ3v) is 2.57. The maximum Gasteiger partial charge on any atom is 0.0506 e. The van der Waals surface area contributed by atoms with E-state index in [1.807, 2.05) is 0 Å². The van der Waals surface area contributed by atoms with Crippen molar-refractivity contribution >= 4 is 0 Å². The summed E-state index contributed by atoms with van der Waals surface area (Å²) in [5.41, 5.74) is 5.46. The second-order valence-corrected chi connectivity index (χ2v) is 3.99. The molecule has 0 saturated carbocycles. The minimum absolute atomic E-state index is 0.747. The summed E-state index contributed by atoms with van der Waals surface area (Å²) in [6, 6.07) is 0. The second-order valence-electron chi connectivity index (χ2n) is 3.99. The molecule has 3 nitrogen and oxygen atoms in total. The number of nitrogens with two attached hydrogens (primary N) is 1. The lowest BCUT2D eigenvalue weighted by Crippen LogP contribution is -2.32. The van der Waals surface area contributed by atoms with Gasteiger partial charge in [-0.3, -0.25) is 0 Å². The zero-order chi connectivity index (χ0) is 9.52. The zero-order valence-corrected chi connectivity index (χ0v) is 8.67. The van der Waals surface area contributed by atoms with Crippen molar-refractivity contribution in [3.8, 4) is 0 Å². The van der Waals surface area contributed by atoms with Gasteiger partial charge >= 0.3 is 0 Å². The fraction of sp³-hybridized carbons (Fsp3) is 1.00. The van der Waals surface area contributed by atoms with Crippen LogP contribution in [0.5, 0.6) is 0 Å². The average Bonchev–Trinajstić information content (AvgIpc) is 2.16. The molecule has 1 aliphatic heterocycles. The zero-order valence-electron chi connectivity index (χ0n) is 8.67. The molecule has 0 aromatic heterocycles. The topological polar surface area (TPSA) is 38.5 Å². The molecule has 1 rings (SSSR count). The van der Waals surface area contributed by atoms with E-state index in [2.05, 4.69) is 11.9 Å². The van der Waals surface area contributed by atoms with Gasteiger partial charge < -0.3 is 15.4 Å². The Balaban J connectivity index is 2.07. The molecule has 3 heteroatoms. The van der Waals surface area contributed by atoms with E-state index < -0.39 is 0 Å². The number of rotatable bonds is 5. The molecule has 1 aliphatic rings. The van der Waals surface area contributed by atoms with Crippen LogP contribution in [0.1, 0.15) is 19.3 Å². The van der Waals surface area contributed by atoms with Crippen molar-refractivity contribution in [3.63, 3.8) is 0 Å². The van der Waals surface area contributed by atoms with Crippen LogP contribution < -0.4 is 5.73 Å². The summed E-state index contributed by atoms with van der Waals surface area (Å²) >= 11 is 0. The Morgan fingerprint density at radius 1 is 1.54 bits per heavy atom. The number of nitrogens with zero attached hydrogens (tertiary/aromatic N) is 1. The number of ether oxygens (including phenoxy) is 1. The maximum absolute atomic E-state index is 5.46. The molecule has 0 amide bonds. The van der Waals surface area contributed by atoms with E-state index in [1.54, 1.807) is 0 Å². The van der Waals surface area contributed by atoms with Crippen LogP contribution in [-0.4, -0.2) is 44.8 Å². The predicted octanol–water partition coefficient (Wildman–Crippen LogP) is 0.694. The Hall–Kier alpha value is -0.120. The largest absolute Gasteiger partial charge is 0.381 e. The molecule has 0 spiro atoms. The van der Waals surface area contributed by atoms with Crippen LogP contribution in [0.25, 0.3) is 0 Å². The molecule has 1 fully saturated rings. The number of hydrogen-bond acceptors (Lipinski definition) is 3. The summed E-state index contributed by atoms with van der Waals surface area (Å²) < 4.78 is 5.44. The molecule has 0 aliphatic carbocycles. The Morgan fingerprint density at radius 3 is 3.00 bits per heavy atom. The molecule has 1 unspecified atom stereocenters. The minimum atomic E-state index is 0.747. The van der Waals surface area contributed by atoms with Gasteiger partial charge in [0.2, 0.25) is 0 Å². The van der Waals surface area contributed by atoms with Crippen molar-refractivity contribution in [1.29, 1.82) is 0 Å². The van der Waals surface area contributed by atoms with E-state index in [-0.39, 0.29) is 0 Å². The van der Waals surface area contributed by atoms with Gasteiger partial charge in [-0.05, 0) is 45.3 Å². The molecule has 0 aromatic rings. The monoisotopic (exact) mass is 186 g/mol. The first-order valence-corrected chi connectivity index (χ1v) is 5.29. The summed E-state index contributed by atoms with van der Waals surface area (Å²) in [5.74, 6) is 0.747. The van der Waals surface area contributed by atoms with E-state index in [9.17, 15) is 0 Å². The average molecular weight is 186 g/mol. The van der Waals surface area contributed by atoms with Crippen molar-refractivity contribution in [2.75, 3.05) is 39.9 Å². The maximum atomic E-state index is 5.46. The highest BCUT2D eigenvalue weighted by molar-refractivity contribution is 4.66. The molecule has 0 bridgehead atoms. The lowest BCUT2D eigenvalue weighted by molar-refractivity contribution is 0.0420. The smallest absolute Gasteiger partial charge is 0.0506 e. The Labute approximate surface area is 81.2 Å². The van der Waals surface area contributed by atoms with Crippen molar-refractivity contribution in [1.82, 2.24) is 4.90 Å². The van der Waals surface area contributed by atoms with Crippen LogP contribution in [0.15, 0.2) is 0 Å². The first kappa shape index (κ1) is 11.0. The summed E-state index contributed by atoms with van der Waals surface area (Å²) in [4.78, 5) is 2.37. The van der Waals surface area contributed by atoms with Gasteiger partial charge in [0, 0.05) is 13.2 Å². The number of hydrogen-bond donors (Lipinski definition) is 1. The third kappa shape index (κ3) is 4.60. The van der Waals surface area contributed by atoms with Crippen molar-refractivity contribution in [2.24, 2.45) is 11.7 Å². The van der Waals surface area contributed by atoms with Crippen molar-refractivity contribution in [2.45, 2.75) is 19.3 Å². The van der Waals surface area contributed by atoms with Gasteiger partial charge in [-0.2, -0.15) is 0 Å². The Morgan fingerprint density at radius 2 is 2.38 bits per heavy atom. The van der Waals surface area contributed by atoms with Gasteiger partial charge in [0.15, 0.2) is 0 Å². The van der Waals surface area contributed by atoms with Gasteiger partial charge in [0.05, 0.1) is 6.61 Å². The molecule has 78 valence electrons. The van der Waals surface area contributed by atoms with Gasteiger partial charge in [-0.1, -0.05) is 0 Å². The van der Waals surface area contributed by atoms with Crippen LogP contribution in [-0.2, 0) is 4.74 Å². The van der Waals surface area contributed by atoms with Crippen LogP contribution in [0.3, 0.4) is 0 Å². The van der Waals surface area contributed by atoms with E-state index in [0.29, 0.717) is 0 Å².